The van der Waals surface area contributed by atoms with E-state index in [1.165, 1.54) is 0 Å². The highest BCUT2D eigenvalue weighted by atomic mass is 35.5. The van der Waals surface area contributed by atoms with Crippen molar-refractivity contribution in [3.05, 3.63) is 35.9 Å². The van der Waals surface area contributed by atoms with Gasteiger partial charge in [-0.25, -0.2) is 0 Å². The van der Waals surface area contributed by atoms with Crippen LogP contribution in [-0.2, 0) is 21.5 Å². The lowest BCUT2D eigenvalue weighted by Crippen LogP contribution is -2.04. The zero-order valence-electron chi connectivity index (χ0n) is 10.1. The highest BCUT2D eigenvalue weighted by Gasteiger charge is 2.02. The Kier molecular flexibility index (Phi) is 9.01. The number of rotatable bonds is 8. The summed E-state index contributed by atoms with van der Waals surface area (Å²) in [6.45, 7) is 1.19. The van der Waals surface area contributed by atoms with Gasteiger partial charge in [0.05, 0.1) is 12.4 Å². The van der Waals surface area contributed by atoms with E-state index in [1.807, 2.05) is 30.3 Å². The van der Waals surface area contributed by atoms with Crippen molar-refractivity contribution in [2.75, 3.05) is 12.4 Å². The molecule has 0 atom stereocenters. The standard InChI is InChI=1S/C12H18O4S.ClH/c13-17(14,15)10-6-2-5-9-16-11-12-7-3-1-4-8-12;/h1,3-4,7-8H,2,5-6,9-11H2,(H,13,14,15);1H. The third-order valence-electron chi connectivity index (χ3n) is 2.30. The Morgan fingerprint density at radius 1 is 1.06 bits per heavy atom. The predicted molar refractivity (Wildman–Crippen MR) is 73.6 cm³/mol. The van der Waals surface area contributed by atoms with E-state index in [1.54, 1.807) is 0 Å². The van der Waals surface area contributed by atoms with Crippen LogP contribution in [0.2, 0.25) is 0 Å². The maximum Gasteiger partial charge on any atom is 0.264 e. The topological polar surface area (TPSA) is 63.6 Å². The molecule has 0 unspecified atom stereocenters. The molecule has 18 heavy (non-hydrogen) atoms. The fraction of sp³-hybridized carbons (Fsp3) is 0.500. The molecule has 1 rings (SSSR count). The quantitative estimate of drug-likeness (QED) is 0.591. The number of benzene rings is 1. The molecule has 0 aromatic heterocycles. The molecule has 6 heteroatoms. The average Bonchev–Trinajstić information content (AvgIpc) is 2.28. The molecule has 0 radical (unpaired) electrons. The van der Waals surface area contributed by atoms with Gasteiger partial charge in [-0.15, -0.1) is 12.4 Å². The van der Waals surface area contributed by atoms with E-state index in [2.05, 4.69) is 0 Å². The largest absolute Gasteiger partial charge is 0.377 e. The maximum atomic E-state index is 10.4. The second-order valence-electron chi connectivity index (χ2n) is 3.88. The molecule has 0 bridgehead atoms. The van der Waals surface area contributed by atoms with Crippen LogP contribution in [0, 0.1) is 0 Å². The smallest absolute Gasteiger partial charge is 0.264 e. The number of hydrogen-bond acceptors (Lipinski definition) is 3. The summed E-state index contributed by atoms with van der Waals surface area (Å²) in [6, 6.07) is 9.88. The van der Waals surface area contributed by atoms with E-state index in [0.717, 1.165) is 18.4 Å². The van der Waals surface area contributed by atoms with E-state index in [9.17, 15) is 8.42 Å². The van der Waals surface area contributed by atoms with E-state index in [4.69, 9.17) is 9.29 Å². The van der Waals surface area contributed by atoms with Crippen LogP contribution in [0.25, 0.3) is 0 Å². The minimum Gasteiger partial charge on any atom is -0.377 e. The minimum absolute atomic E-state index is 0. The molecule has 0 saturated carbocycles. The summed E-state index contributed by atoms with van der Waals surface area (Å²) in [6.07, 6.45) is 2.03. The highest BCUT2D eigenvalue weighted by Crippen LogP contribution is 2.03. The first-order valence-corrected chi connectivity index (χ1v) is 7.26. The first kappa shape index (κ1) is 17.4. The van der Waals surface area contributed by atoms with Crippen molar-refractivity contribution in [3.63, 3.8) is 0 Å². The Morgan fingerprint density at radius 3 is 2.33 bits per heavy atom. The minimum atomic E-state index is -3.80. The maximum absolute atomic E-state index is 10.4. The second-order valence-corrected chi connectivity index (χ2v) is 5.46. The number of ether oxygens (including phenoxy) is 1. The molecule has 1 aromatic carbocycles. The fourth-order valence-corrected chi connectivity index (χ4v) is 2.00. The van der Waals surface area contributed by atoms with Crippen molar-refractivity contribution in [3.8, 4) is 0 Å². The molecule has 1 N–H and O–H groups in total. The molecule has 0 spiro atoms. The van der Waals surface area contributed by atoms with Gasteiger partial charge >= 0.3 is 0 Å². The monoisotopic (exact) mass is 294 g/mol. The van der Waals surface area contributed by atoms with Gasteiger partial charge in [-0.05, 0) is 18.4 Å². The summed E-state index contributed by atoms with van der Waals surface area (Å²) >= 11 is 0. The molecular formula is C12H19ClO4S. The van der Waals surface area contributed by atoms with Gasteiger partial charge in [0.2, 0.25) is 0 Å². The van der Waals surface area contributed by atoms with Crippen molar-refractivity contribution >= 4 is 22.5 Å². The van der Waals surface area contributed by atoms with Gasteiger partial charge in [0.15, 0.2) is 0 Å². The summed E-state index contributed by atoms with van der Waals surface area (Å²) in [7, 11) is -3.80. The lowest BCUT2D eigenvalue weighted by molar-refractivity contribution is 0.117. The Balaban J connectivity index is 0.00000289. The molecule has 0 heterocycles. The summed E-state index contributed by atoms with van der Waals surface area (Å²) in [5, 5.41) is 0. The van der Waals surface area contributed by atoms with Crippen LogP contribution in [-0.4, -0.2) is 25.3 Å². The zero-order valence-corrected chi connectivity index (χ0v) is 11.8. The predicted octanol–water partition coefficient (Wildman–Crippen LogP) is 2.68. The lowest BCUT2D eigenvalue weighted by Gasteiger charge is -2.03. The second kappa shape index (κ2) is 9.33. The van der Waals surface area contributed by atoms with Crippen LogP contribution in [0.4, 0.5) is 0 Å². The van der Waals surface area contributed by atoms with Crippen molar-refractivity contribution in [1.29, 1.82) is 0 Å². The van der Waals surface area contributed by atoms with Gasteiger partial charge in [-0.2, -0.15) is 8.42 Å². The Hall–Kier alpha value is -0.620. The third-order valence-corrected chi connectivity index (χ3v) is 3.11. The van der Waals surface area contributed by atoms with Gasteiger partial charge in [0.25, 0.3) is 10.1 Å². The zero-order chi connectivity index (χ0) is 12.6. The van der Waals surface area contributed by atoms with Gasteiger partial charge in [0, 0.05) is 6.61 Å². The van der Waals surface area contributed by atoms with Crippen LogP contribution in [0.5, 0.6) is 0 Å². The van der Waals surface area contributed by atoms with E-state index >= 15 is 0 Å². The Morgan fingerprint density at radius 2 is 1.72 bits per heavy atom. The van der Waals surface area contributed by atoms with Crippen LogP contribution < -0.4 is 0 Å². The van der Waals surface area contributed by atoms with Gasteiger partial charge < -0.3 is 4.74 Å². The van der Waals surface area contributed by atoms with Crippen molar-refractivity contribution in [2.45, 2.75) is 25.9 Å². The highest BCUT2D eigenvalue weighted by molar-refractivity contribution is 7.85. The summed E-state index contributed by atoms with van der Waals surface area (Å²) in [5.41, 5.74) is 1.13. The molecule has 104 valence electrons. The molecular weight excluding hydrogens is 276 g/mol. The molecule has 0 saturated heterocycles. The number of hydrogen-bond donors (Lipinski definition) is 1. The Labute approximate surface area is 115 Å². The van der Waals surface area contributed by atoms with Crippen LogP contribution in [0.3, 0.4) is 0 Å². The van der Waals surface area contributed by atoms with E-state index < -0.39 is 10.1 Å². The third kappa shape index (κ3) is 9.41. The molecule has 0 aliphatic carbocycles. The SMILES string of the molecule is Cl.O=S(=O)(O)CCCCCOCc1ccccc1. The molecule has 0 aliphatic heterocycles. The Bertz CT molecular complexity index is 405. The molecule has 0 aliphatic rings. The summed E-state index contributed by atoms with van der Waals surface area (Å²) in [5.74, 6) is -0.161. The van der Waals surface area contributed by atoms with Crippen LogP contribution in [0.1, 0.15) is 24.8 Å². The van der Waals surface area contributed by atoms with E-state index in [-0.39, 0.29) is 18.2 Å². The van der Waals surface area contributed by atoms with Crippen molar-refractivity contribution in [1.82, 2.24) is 0 Å². The van der Waals surface area contributed by atoms with Crippen molar-refractivity contribution in [2.24, 2.45) is 0 Å². The van der Waals surface area contributed by atoms with Crippen molar-refractivity contribution < 1.29 is 17.7 Å². The number of unbranched alkanes of at least 4 members (excludes halogenated alkanes) is 2. The summed E-state index contributed by atoms with van der Waals surface area (Å²) in [4.78, 5) is 0. The van der Waals surface area contributed by atoms with Gasteiger partial charge in [0.1, 0.15) is 0 Å². The van der Waals surface area contributed by atoms with Gasteiger partial charge in [-0.1, -0.05) is 36.8 Å². The lowest BCUT2D eigenvalue weighted by atomic mass is 10.2. The first-order valence-electron chi connectivity index (χ1n) is 5.65. The molecule has 0 fully saturated rings. The van der Waals surface area contributed by atoms with Gasteiger partial charge in [-0.3, -0.25) is 4.55 Å². The molecule has 1 aromatic rings. The van der Waals surface area contributed by atoms with Crippen LogP contribution in [0.15, 0.2) is 30.3 Å². The van der Waals surface area contributed by atoms with Crippen LogP contribution >= 0.6 is 12.4 Å². The first-order chi connectivity index (χ1) is 8.08. The molecule has 4 nitrogen and oxygen atoms in total. The normalized spacial score (nSPS) is 10.9. The summed E-state index contributed by atoms with van der Waals surface area (Å²) < 4.78 is 34.8. The average molecular weight is 295 g/mol. The molecule has 0 amide bonds. The van der Waals surface area contributed by atoms with E-state index in [0.29, 0.717) is 19.6 Å². The number of halogens is 1. The fourth-order valence-electron chi connectivity index (χ4n) is 1.43.